The van der Waals surface area contributed by atoms with Crippen molar-refractivity contribution in [1.82, 2.24) is 5.43 Å². The van der Waals surface area contributed by atoms with Crippen molar-refractivity contribution in [2.45, 2.75) is 6.92 Å². The molecule has 7 heteroatoms. The lowest BCUT2D eigenvalue weighted by atomic mass is 10.2. The molecule has 0 aliphatic heterocycles. The second-order valence-electron chi connectivity index (χ2n) is 4.87. The zero-order valence-corrected chi connectivity index (χ0v) is 15.2. The van der Waals surface area contributed by atoms with Gasteiger partial charge in [-0.2, -0.15) is 5.10 Å². The zero-order valence-electron chi connectivity index (χ0n) is 13.6. The molecule has 0 saturated carbocycles. The number of amides is 2. The van der Waals surface area contributed by atoms with E-state index in [1.807, 2.05) is 37.3 Å². The number of hydrogen-bond acceptors (Lipinski definition) is 4. The maximum atomic E-state index is 11.9. The molecule has 2 rings (SSSR count). The highest BCUT2D eigenvalue weighted by molar-refractivity contribution is 9.10. The monoisotopic (exact) mass is 391 g/mol. The second-order valence-corrected chi connectivity index (χ2v) is 5.79. The zero-order chi connectivity index (χ0) is 17.5. The van der Waals surface area contributed by atoms with E-state index in [2.05, 4.69) is 31.8 Å². The maximum absolute atomic E-state index is 11.9. The first-order valence-electron chi connectivity index (χ1n) is 7.12. The number of rotatable bonds is 5. The van der Waals surface area contributed by atoms with Crippen LogP contribution in [0.25, 0.3) is 0 Å². The molecule has 0 atom stereocenters. The average Bonchev–Trinajstić information content (AvgIpc) is 2.56. The molecule has 2 aromatic rings. The number of methoxy groups -OCH3 is 2. The Morgan fingerprint density at radius 1 is 1.21 bits per heavy atom. The molecule has 2 aromatic carbocycles. The molecule has 0 fully saturated rings. The first-order chi connectivity index (χ1) is 11.5. The van der Waals surface area contributed by atoms with Crippen LogP contribution in [0.2, 0.25) is 0 Å². The number of anilines is 1. The molecule has 0 bridgehead atoms. The van der Waals surface area contributed by atoms with Gasteiger partial charge in [0.2, 0.25) is 0 Å². The van der Waals surface area contributed by atoms with Gasteiger partial charge in [0, 0.05) is 15.7 Å². The van der Waals surface area contributed by atoms with Gasteiger partial charge in [-0.25, -0.2) is 10.2 Å². The Balaban J connectivity index is 2.08. The number of nitrogens with zero attached hydrogens (tertiary/aromatic N) is 1. The Hall–Kier alpha value is -2.54. The van der Waals surface area contributed by atoms with Gasteiger partial charge in [0.15, 0.2) is 11.5 Å². The summed E-state index contributed by atoms with van der Waals surface area (Å²) in [6.45, 7) is 1.91. The van der Waals surface area contributed by atoms with E-state index in [9.17, 15) is 4.79 Å². The van der Waals surface area contributed by atoms with Crippen molar-refractivity contribution in [3.8, 4) is 11.5 Å². The number of para-hydroxylation sites is 1. The summed E-state index contributed by atoms with van der Waals surface area (Å²) in [5.41, 5.74) is 4.79. The van der Waals surface area contributed by atoms with Crippen LogP contribution in [0.5, 0.6) is 11.5 Å². The molecule has 0 aromatic heterocycles. The highest BCUT2D eigenvalue weighted by Crippen LogP contribution is 2.33. The lowest BCUT2D eigenvalue weighted by molar-refractivity contribution is 0.252. The smallest absolute Gasteiger partial charge is 0.339 e. The molecule has 0 heterocycles. The Labute approximate surface area is 149 Å². The summed E-state index contributed by atoms with van der Waals surface area (Å²) in [6, 6.07) is 10.7. The molecule has 2 amide bonds. The van der Waals surface area contributed by atoms with Gasteiger partial charge < -0.3 is 14.8 Å². The number of hydrogen-bond donors (Lipinski definition) is 2. The molecule has 6 nitrogen and oxygen atoms in total. The lowest BCUT2D eigenvalue weighted by Crippen LogP contribution is -2.24. The summed E-state index contributed by atoms with van der Waals surface area (Å²) in [5, 5.41) is 6.68. The number of halogens is 1. The van der Waals surface area contributed by atoms with Crippen molar-refractivity contribution >= 4 is 33.9 Å². The Morgan fingerprint density at radius 2 is 1.96 bits per heavy atom. The van der Waals surface area contributed by atoms with Crippen LogP contribution in [-0.4, -0.2) is 26.5 Å². The largest absolute Gasteiger partial charge is 0.493 e. The van der Waals surface area contributed by atoms with E-state index in [0.29, 0.717) is 17.1 Å². The molecule has 24 heavy (non-hydrogen) atoms. The van der Waals surface area contributed by atoms with Gasteiger partial charge in [-0.15, -0.1) is 0 Å². The molecule has 2 N–H and O–H groups in total. The average molecular weight is 392 g/mol. The van der Waals surface area contributed by atoms with Crippen molar-refractivity contribution in [3.05, 3.63) is 52.0 Å². The fourth-order valence-corrected chi connectivity index (χ4v) is 2.53. The number of aryl methyl sites for hydroxylation is 1. The first kappa shape index (κ1) is 17.8. The number of hydrazone groups is 1. The van der Waals surface area contributed by atoms with E-state index >= 15 is 0 Å². The summed E-state index contributed by atoms with van der Waals surface area (Å²) < 4.78 is 11.4. The number of carbonyl (C=O) groups excluding carboxylic acids is 1. The molecule has 0 aliphatic rings. The van der Waals surface area contributed by atoms with Gasteiger partial charge >= 0.3 is 6.03 Å². The van der Waals surface area contributed by atoms with Gasteiger partial charge in [0.05, 0.1) is 20.4 Å². The van der Waals surface area contributed by atoms with Crippen molar-refractivity contribution in [1.29, 1.82) is 0 Å². The minimum atomic E-state index is -0.429. The molecule has 0 saturated heterocycles. The van der Waals surface area contributed by atoms with Crippen LogP contribution in [0.3, 0.4) is 0 Å². The standard InChI is InChI=1S/C17H18BrN3O3/c1-11-6-4-5-7-14(11)20-17(22)21-19-10-12-8-13(18)9-15(23-2)16(12)24-3/h4-10H,1-3H3,(H2,20,21,22). The van der Waals surface area contributed by atoms with Gasteiger partial charge in [-0.1, -0.05) is 34.1 Å². The molecule has 0 unspecified atom stereocenters. The summed E-state index contributed by atoms with van der Waals surface area (Å²) in [6.07, 6.45) is 1.49. The molecular weight excluding hydrogens is 374 g/mol. The molecule has 0 radical (unpaired) electrons. The topological polar surface area (TPSA) is 72.0 Å². The summed E-state index contributed by atoms with van der Waals surface area (Å²) >= 11 is 3.39. The van der Waals surface area contributed by atoms with Gasteiger partial charge in [-0.05, 0) is 30.7 Å². The van der Waals surface area contributed by atoms with Crippen molar-refractivity contribution in [3.63, 3.8) is 0 Å². The van der Waals surface area contributed by atoms with E-state index in [-0.39, 0.29) is 0 Å². The van der Waals surface area contributed by atoms with Gasteiger partial charge in [0.25, 0.3) is 0 Å². The first-order valence-corrected chi connectivity index (χ1v) is 7.91. The normalized spacial score (nSPS) is 10.5. The third kappa shape index (κ3) is 4.48. The number of ether oxygens (including phenoxy) is 2. The van der Waals surface area contributed by atoms with E-state index in [0.717, 1.165) is 15.7 Å². The summed E-state index contributed by atoms with van der Waals surface area (Å²) in [4.78, 5) is 11.9. The van der Waals surface area contributed by atoms with Crippen LogP contribution in [0.4, 0.5) is 10.5 Å². The number of urea groups is 1. The quantitative estimate of drug-likeness (QED) is 0.598. The predicted molar refractivity (Wildman–Crippen MR) is 98.2 cm³/mol. The predicted octanol–water partition coefficient (Wildman–Crippen LogP) is 3.93. The maximum Gasteiger partial charge on any atom is 0.339 e. The minimum absolute atomic E-state index is 0.429. The molecular formula is C17H18BrN3O3. The van der Waals surface area contributed by atoms with Crippen LogP contribution in [0, 0.1) is 6.92 Å². The molecule has 126 valence electrons. The summed E-state index contributed by atoms with van der Waals surface area (Å²) in [5.74, 6) is 1.10. The van der Waals surface area contributed by atoms with Crippen molar-refractivity contribution in [2.24, 2.45) is 5.10 Å². The van der Waals surface area contributed by atoms with E-state index in [4.69, 9.17) is 9.47 Å². The van der Waals surface area contributed by atoms with E-state index in [1.54, 1.807) is 20.3 Å². The third-order valence-corrected chi connectivity index (χ3v) is 3.69. The van der Waals surface area contributed by atoms with Crippen molar-refractivity contribution in [2.75, 3.05) is 19.5 Å². The van der Waals surface area contributed by atoms with E-state index in [1.165, 1.54) is 6.21 Å². The highest BCUT2D eigenvalue weighted by atomic mass is 79.9. The summed E-state index contributed by atoms with van der Waals surface area (Å²) in [7, 11) is 3.10. The number of nitrogens with one attached hydrogen (secondary N) is 2. The van der Waals surface area contributed by atoms with Crippen LogP contribution >= 0.6 is 15.9 Å². The Morgan fingerprint density at radius 3 is 2.62 bits per heavy atom. The van der Waals surface area contributed by atoms with Crippen LogP contribution in [-0.2, 0) is 0 Å². The Kier molecular flexibility index (Phi) is 6.20. The third-order valence-electron chi connectivity index (χ3n) is 3.24. The fourth-order valence-electron chi connectivity index (χ4n) is 2.08. The number of carbonyl (C=O) groups is 1. The van der Waals surface area contributed by atoms with Crippen molar-refractivity contribution < 1.29 is 14.3 Å². The van der Waals surface area contributed by atoms with Crippen LogP contribution in [0.1, 0.15) is 11.1 Å². The van der Waals surface area contributed by atoms with E-state index < -0.39 is 6.03 Å². The minimum Gasteiger partial charge on any atom is -0.493 e. The molecule has 0 spiro atoms. The highest BCUT2D eigenvalue weighted by Gasteiger charge is 2.10. The van der Waals surface area contributed by atoms with Crippen LogP contribution < -0.4 is 20.2 Å². The number of benzene rings is 2. The SMILES string of the molecule is COc1cc(Br)cc(C=NNC(=O)Nc2ccccc2C)c1OC. The van der Waals surface area contributed by atoms with Crippen LogP contribution in [0.15, 0.2) is 46.0 Å². The van der Waals surface area contributed by atoms with Gasteiger partial charge in [0.1, 0.15) is 0 Å². The lowest BCUT2D eigenvalue weighted by Gasteiger charge is -2.11. The molecule has 0 aliphatic carbocycles. The van der Waals surface area contributed by atoms with Gasteiger partial charge in [-0.3, -0.25) is 0 Å². The second kappa shape index (κ2) is 8.35. The Bertz CT molecular complexity index is 763. The fraction of sp³-hybridized carbons (Fsp3) is 0.176.